The molecule has 6 heteroatoms. The van der Waals surface area contributed by atoms with Gasteiger partial charge in [0.1, 0.15) is 6.10 Å². The van der Waals surface area contributed by atoms with E-state index in [1.165, 1.54) is 122 Å². The molecular weight excluding hydrogens is 767 g/mol. The van der Waals surface area contributed by atoms with Crippen LogP contribution in [0.3, 0.4) is 0 Å². The van der Waals surface area contributed by atoms with E-state index in [1.807, 2.05) is 0 Å². The molecule has 3 atom stereocenters. The molecule has 0 saturated carbocycles. The molecule has 3 N–H and O–H groups in total. The first-order valence-corrected chi connectivity index (χ1v) is 26.6. The number of allylic oxidation sites excluding steroid dienone is 10. The highest BCUT2D eigenvalue weighted by Gasteiger charge is 2.24. The van der Waals surface area contributed by atoms with E-state index in [2.05, 4.69) is 86.8 Å². The standard InChI is InChI=1S/C56H101NO5/c1-4-7-10-13-16-19-22-25-26-27-28-29-31-34-37-40-43-46-49-56(61)62-52(47-44-41-38-35-32-30-23-20-17-14-11-8-5-2)50-55(60)57-53(51-58)54(59)48-45-42-39-36-33-24-21-18-15-12-9-6-3/h16,19-20,22-23,25-29,52-54,58-59H,4-15,17-18,21,24,30-51H2,1-3H3,(H,57,60)/b19-16+,23-20-,25-22+,27-26+,29-28+. The molecule has 1 amide bonds. The third-order valence-corrected chi connectivity index (χ3v) is 11.9. The molecule has 0 saturated heterocycles. The van der Waals surface area contributed by atoms with Crippen molar-refractivity contribution in [3.05, 3.63) is 60.8 Å². The topological polar surface area (TPSA) is 95.9 Å². The van der Waals surface area contributed by atoms with Crippen molar-refractivity contribution in [3.8, 4) is 0 Å². The van der Waals surface area contributed by atoms with Gasteiger partial charge in [-0.1, -0.05) is 229 Å². The summed E-state index contributed by atoms with van der Waals surface area (Å²) >= 11 is 0. The fourth-order valence-corrected chi connectivity index (χ4v) is 7.85. The Morgan fingerprint density at radius 1 is 0.468 bits per heavy atom. The van der Waals surface area contributed by atoms with Gasteiger partial charge in [-0.15, -0.1) is 0 Å². The van der Waals surface area contributed by atoms with E-state index < -0.39 is 18.2 Å². The summed E-state index contributed by atoms with van der Waals surface area (Å²) in [5.41, 5.74) is 0. The zero-order valence-electron chi connectivity index (χ0n) is 41.0. The number of unbranched alkanes of at least 4 members (excludes halogenated alkanes) is 28. The van der Waals surface area contributed by atoms with E-state index in [4.69, 9.17) is 4.74 Å². The molecule has 0 aliphatic heterocycles. The lowest BCUT2D eigenvalue weighted by Gasteiger charge is -2.24. The number of hydrogen-bond donors (Lipinski definition) is 3. The number of nitrogens with one attached hydrogen (secondary N) is 1. The van der Waals surface area contributed by atoms with E-state index in [1.54, 1.807) is 0 Å². The smallest absolute Gasteiger partial charge is 0.306 e. The molecule has 0 rings (SSSR count). The second-order valence-electron chi connectivity index (χ2n) is 18.0. The van der Waals surface area contributed by atoms with Gasteiger partial charge >= 0.3 is 5.97 Å². The summed E-state index contributed by atoms with van der Waals surface area (Å²) in [6, 6.07) is -0.710. The third kappa shape index (κ3) is 44.2. The van der Waals surface area contributed by atoms with Gasteiger partial charge in [0.05, 0.1) is 25.2 Å². The van der Waals surface area contributed by atoms with Crippen molar-refractivity contribution in [1.82, 2.24) is 5.32 Å². The van der Waals surface area contributed by atoms with Gasteiger partial charge in [-0.2, -0.15) is 0 Å². The first-order valence-electron chi connectivity index (χ1n) is 26.6. The van der Waals surface area contributed by atoms with Crippen molar-refractivity contribution in [3.63, 3.8) is 0 Å². The maximum absolute atomic E-state index is 13.2. The van der Waals surface area contributed by atoms with Crippen LogP contribution in [-0.4, -0.2) is 46.9 Å². The number of amides is 1. The Labute approximate surface area is 384 Å². The zero-order chi connectivity index (χ0) is 45.2. The van der Waals surface area contributed by atoms with Crippen LogP contribution in [0.4, 0.5) is 0 Å². The quantitative estimate of drug-likeness (QED) is 0.0245. The molecule has 0 aromatic rings. The highest BCUT2D eigenvalue weighted by molar-refractivity contribution is 5.77. The van der Waals surface area contributed by atoms with Crippen LogP contribution in [0.15, 0.2) is 60.8 Å². The minimum atomic E-state index is -0.795. The number of ether oxygens (including phenoxy) is 1. The second kappa shape index (κ2) is 49.6. The minimum Gasteiger partial charge on any atom is -0.462 e. The SMILES string of the molecule is CCCCC/C=C/C=C/C=C/C=C/CCCCCCCC(=O)OC(CCCCCCC/C=C\CCCCCC)CC(=O)NC(CO)C(O)CCCCCCCCCCCCCC. The van der Waals surface area contributed by atoms with Crippen molar-refractivity contribution >= 4 is 11.9 Å². The fraction of sp³-hybridized carbons (Fsp3) is 0.786. The first kappa shape index (κ1) is 59.6. The van der Waals surface area contributed by atoms with Crippen LogP contribution in [-0.2, 0) is 14.3 Å². The molecule has 0 heterocycles. The molecule has 0 aliphatic rings. The van der Waals surface area contributed by atoms with Crippen LogP contribution in [0.1, 0.15) is 258 Å². The monoisotopic (exact) mass is 868 g/mol. The number of aliphatic hydroxyl groups excluding tert-OH is 2. The predicted octanol–water partition coefficient (Wildman–Crippen LogP) is 16.0. The molecule has 62 heavy (non-hydrogen) atoms. The predicted molar refractivity (Wildman–Crippen MR) is 268 cm³/mol. The lowest BCUT2D eigenvalue weighted by atomic mass is 10.0. The Kier molecular flexibility index (Phi) is 47.6. The van der Waals surface area contributed by atoms with Crippen molar-refractivity contribution in [2.45, 2.75) is 277 Å². The van der Waals surface area contributed by atoms with Crippen molar-refractivity contribution in [2.24, 2.45) is 0 Å². The number of rotatable bonds is 47. The Morgan fingerprint density at radius 2 is 0.839 bits per heavy atom. The van der Waals surface area contributed by atoms with Crippen LogP contribution in [0.25, 0.3) is 0 Å². The fourth-order valence-electron chi connectivity index (χ4n) is 7.85. The average Bonchev–Trinajstić information content (AvgIpc) is 3.26. The lowest BCUT2D eigenvalue weighted by molar-refractivity contribution is -0.151. The van der Waals surface area contributed by atoms with Crippen LogP contribution in [0.5, 0.6) is 0 Å². The van der Waals surface area contributed by atoms with Crippen LogP contribution >= 0.6 is 0 Å². The maximum atomic E-state index is 13.2. The normalized spacial score (nSPS) is 13.7. The molecule has 0 aromatic carbocycles. The van der Waals surface area contributed by atoms with E-state index in [-0.39, 0.29) is 24.9 Å². The second-order valence-corrected chi connectivity index (χ2v) is 18.0. The van der Waals surface area contributed by atoms with Gasteiger partial charge in [-0.3, -0.25) is 9.59 Å². The summed E-state index contributed by atoms with van der Waals surface area (Å²) in [4.78, 5) is 26.2. The van der Waals surface area contributed by atoms with Crippen LogP contribution < -0.4 is 5.32 Å². The van der Waals surface area contributed by atoms with E-state index >= 15 is 0 Å². The first-order chi connectivity index (χ1) is 30.5. The van der Waals surface area contributed by atoms with Gasteiger partial charge in [0.15, 0.2) is 0 Å². The van der Waals surface area contributed by atoms with Gasteiger partial charge in [0, 0.05) is 6.42 Å². The summed E-state index contributed by atoms with van der Waals surface area (Å²) in [7, 11) is 0. The number of carbonyl (C=O) groups is 2. The Balaban J connectivity index is 4.62. The van der Waals surface area contributed by atoms with E-state index in [0.717, 1.165) is 89.9 Å². The molecule has 0 aliphatic carbocycles. The summed E-state index contributed by atoms with van der Waals surface area (Å²) in [6.45, 7) is 6.43. The average molecular weight is 868 g/mol. The van der Waals surface area contributed by atoms with Crippen LogP contribution in [0.2, 0.25) is 0 Å². The molecule has 0 radical (unpaired) electrons. The van der Waals surface area contributed by atoms with Gasteiger partial charge < -0.3 is 20.3 Å². The zero-order valence-corrected chi connectivity index (χ0v) is 41.0. The summed E-state index contributed by atoms with van der Waals surface area (Å²) in [5.74, 6) is -0.505. The third-order valence-electron chi connectivity index (χ3n) is 11.9. The van der Waals surface area contributed by atoms with Gasteiger partial charge in [0.2, 0.25) is 5.91 Å². The molecular formula is C56H101NO5. The molecule has 0 bridgehead atoms. The highest BCUT2D eigenvalue weighted by Crippen LogP contribution is 2.18. The molecule has 6 nitrogen and oxygen atoms in total. The Hall–Kier alpha value is -2.44. The van der Waals surface area contributed by atoms with Gasteiger partial charge in [-0.05, 0) is 77.0 Å². The van der Waals surface area contributed by atoms with Crippen molar-refractivity contribution < 1.29 is 24.5 Å². The Morgan fingerprint density at radius 3 is 1.34 bits per heavy atom. The molecule has 0 aromatic heterocycles. The minimum absolute atomic E-state index is 0.0613. The van der Waals surface area contributed by atoms with Crippen molar-refractivity contribution in [2.75, 3.05) is 6.61 Å². The van der Waals surface area contributed by atoms with Crippen molar-refractivity contribution in [1.29, 1.82) is 0 Å². The largest absolute Gasteiger partial charge is 0.462 e. The molecule has 3 unspecified atom stereocenters. The van der Waals surface area contributed by atoms with Gasteiger partial charge in [-0.25, -0.2) is 0 Å². The lowest BCUT2D eigenvalue weighted by Crippen LogP contribution is -2.46. The van der Waals surface area contributed by atoms with Gasteiger partial charge in [0.25, 0.3) is 0 Å². The summed E-state index contributed by atoms with van der Waals surface area (Å²) in [6.07, 6.45) is 61.3. The molecule has 360 valence electrons. The molecule has 0 fully saturated rings. The molecule has 0 spiro atoms. The van der Waals surface area contributed by atoms with Crippen LogP contribution in [0, 0.1) is 0 Å². The number of carbonyl (C=O) groups excluding carboxylic acids is 2. The maximum Gasteiger partial charge on any atom is 0.306 e. The summed E-state index contributed by atoms with van der Waals surface area (Å²) < 4.78 is 5.93. The van der Waals surface area contributed by atoms with E-state index in [0.29, 0.717) is 19.3 Å². The van der Waals surface area contributed by atoms with E-state index in [9.17, 15) is 19.8 Å². The number of hydrogen-bond acceptors (Lipinski definition) is 5. The number of aliphatic hydroxyl groups is 2. The summed E-state index contributed by atoms with van der Waals surface area (Å²) in [5, 5.41) is 23.8. The number of esters is 1. The Bertz CT molecular complexity index is 1110. The highest BCUT2D eigenvalue weighted by atomic mass is 16.5.